The van der Waals surface area contributed by atoms with Gasteiger partial charge in [0.1, 0.15) is 0 Å². The molecule has 0 aliphatic heterocycles. The summed E-state index contributed by atoms with van der Waals surface area (Å²) in [5.41, 5.74) is 1.90. The van der Waals surface area contributed by atoms with Crippen LogP contribution in [0.15, 0.2) is 18.2 Å². The SMILES string of the molecule is CNCc1ccc(Cl)cc1N(C)C(C)(C)CO. The number of aliphatic hydroxyl groups is 1. The summed E-state index contributed by atoms with van der Waals surface area (Å²) in [5, 5.41) is 13.3. The lowest BCUT2D eigenvalue weighted by Crippen LogP contribution is -2.45. The highest BCUT2D eigenvalue weighted by molar-refractivity contribution is 6.30. The van der Waals surface area contributed by atoms with Crippen LogP contribution in [0.3, 0.4) is 0 Å². The van der Waals surface area contributed by atoms with Crippen molar-refractivity contribution in [1.82, 2.24) is 5.32 Å². The first kappa shape index (κ1) is 14.3. The number of likely N-dealkylation sites (N-methyl/N-ethyl adjacent to an activating group) is 1. The first-order chi connectivity index (χ1) is 7.92. The van der Waals surface area contributed by atoms with Gasteiger partial charge in [-0.3, -0.25) is 0 Å². The van der Waals surface area contributed by atoms with E-state index in [0.717, 1.165) is 12.2 Å². The molecule has 3 nitrogen and oxygen atoms in total. The maximum atomic E-state index is 9.43. The Morgan fingerprint density at radius 1 is 1.41 bits per heavy atom. The smallest absolute Gasteiger partial charge is 0.0658 e. The van der Waals surface area contributed by atoms with Crippen LogP contribution in [-0.2, 0) is 6.54 Å². The summed E-state index contributed by atoms with van der Waals surface area (Å²) in [7, 11) is 3.89. The normalized spacial score (nSPS) is 11.6. The Balaban J connectivity index is 3.14. The second-order valence-electron chi connectivity index (χ2n) is 4.83. The largest absolute Gasteiger partial charge is 0.394 e. The van der Waals surface area contributed by atoms with E-state index in [0.29, 0.717) is 5.02 Å². The van der Waals surface area contributed by atoms with E-state index in [2.05, 4.69) is 10.2 Å². The molecule has 2 N–H and O–H groups in total. The van der Waals surface area contributed by atoms with E-state index >= 15 is 0 Å². The first-order valence-corrected chi connectivity index (χ1v) is 6.08. The molecular weight excluding hydrogens is 236 g/mol. The summed E-state index contributed by atoms with van der Waals surface area (Å²) in [6.07, 6.45) is 0. The summed E-state index contributed by atoms with van der Waals surface area (Å²) in [5.74, 6) is 0. The maximum Gasteiger partial charge on any atom is 0.0658 e. The number of benzene rings is 1. The molecular formula is C13H21ClN2O. The van der Waals surface area contributed by atoms with Gasteiger partial charge in [-0.2, -0.15) is 0 Å². The predicted octanol–water partition coefficient (Wildman–Crippen LogP) is 2.27. The van der Waals surface area contributed by atoms with Crippen LogP contribution >= 0.6 is 11.6 Å². The van der Waals surface area contributed by atoms with E-state index in [1.807, 2.05) is 46.1 Å². The number of aliphatic hydroxyl groups excluding tert-OH is 1. The molecule has 0 bridgehead atoms. The van der Waals surface area contributed by atoms with Gasteiger partial charge in [-0.05, 0) is 38.6 Å². The number of nitrogens with one attached hydrogen (secondary N) is 1. The zero-order valence-corrected chi connectivity index (χ0v) is 11.7. The van der Waals surface area contributed by atoms with Crippen molar-refractivity contribution in [2.75, 3.05) is 25.6 Å². The third-order valence-corrected chi connectivity index (χ3v) is 3.31. The van der Waals surface area contributed by atoms with Gasteiger partial charge in [0.15, 0.2) is 0 Å². The molecule has 1 aromatic rings. The number of nitrogens with zero attached hydrogens (tertiary/aromatic N) is 1. The molecule has 4 heteroatoms. The van der Waals surface area contributed by atoms with Gasteiger partial charge in [0, 0.05) is 24.3 Å². The Kier molecular flexibility index (Phi) is 4.80. The third kappa shape index (κ3) is 3.35. The van der Waals surface area contributed by atoms with Crippen LogP contribution in [0.5, 0.6) is 0 Å². The highest BCUT2D eigenvalue weighted by atomic mass is 35.5. The van der Waals surface area contributed by atoms with Crippen LogP contribution in [0, 0.1) is 0 Å². The molecule has 0 fully saturated rings. The molecule has 0 saturated heterocycles. The first-order valence-electron chi connectivity index (χ1n) is 5.70. The maximum absolute atomic E-state index is 9.43. The van der Waals surface area contributed by atoms with Crippen LogP contribution in [0.1, 0.15) is 19.4 Å². The van der Waals surface area contributed by atoms with Gasteiger partial charge in [-0.1, -0.05) is 17.7 Å². The fourth-order valence-corrected chi connectivity index (χ4v) is 1.79. The summed E-state index contributed by atoms with van der Waals surface area (Å²) in [6.45, 7) is 4.86. The predicted molar refractivity (Wildman–Crippen MR) is 73.8 cm³/mol. The van der Waals surface area contributed by atoms with E-state index in [-0.39, 0.29) is 12.1 Å². The second-order valence-corrected chi connectivity index (χ2v) is 5.27. The zero-order chi connectivity index (χ0) is 13.1. The molecule has 0 aliphatic rings. The molecule has 0 atom stereocenters. The van der Waals surface area contributed by atoms with Crippen molar-refractivity contribution in [3.63, 3.8) is 0 Å². The van der Waals surface area contributed by atoms with Gasteiger partial charge in [0.2, 0.25) is 0 Å². The van der Waals surface area contributed by atoms with Gasteiger partial charge in [-0.25, -0.2) is 0 Å². The molecule has 0 aliphatic carbocycles. The monoisotopic (exact) mass is 256 g/mol. The van der Waals surface area contributed by atoms with E-state index < -0.39 is 0 Å². The highest BCUT2D eigenvalue weighted by Crippen LogP contribution is 2.28. The highest BCUT2D eigenvalue weighted by Gasteiger charge is 2.24. The molecule has 0 saturated carbocycles. The number of hydrogen-bond acceptors (Lipinski definition) is 3. The zero-order valence-electron chi connectivity index (χ0n) is 10.9. The molecule has 0 amide bonds. The standard InChI is InChI=1S/C13H21ClN2O/c1-13(2,9-17)16(4)12-7-11(14)6-5-10(12)8-15-3/h5-7,15,17H,8-9H2,1-4H3. The molecule has 1 rings (SSSR count). The van der Waals surface area contributed by atoms with E-state index in [9.17, 15) is 5.11 Å². The van der Waals surface area contributed by atoms with Crippen LogP contribution < -0.4 is 10.2 Å². The van der Waals surface area contributed by atoms with E-state index in [1.165, 1.54) is 5.56 Å². The lowest BCUT2D eigenvalue weighted by atomic mass is 10.0. The second kappa shape index (κ2) is 5.71. The van der Waals surface area contributed by atoms with Gasteiger partial charge in [-0.15, -0.1) is 0 Å². The lowest BCUT2D eigenvalue weighted by molar-refractivity contribution is 0.216. The summed E-state index contributed by atoms with van der Waals surface area (Å²) < 4.78 is 0. The average molecular weight is 257 g/mol. The fourth-order valence-electron chi connectivity index (χ4n) is 1.62. The fraction of sp³-hybridized carbons (Fsp3) is 0.538. The Morgan fingerprint density at radius 3 is 2.59 bits per heavy atom. The minimum atomic E-state index is -0.312. The number of anilines is 1. The molecule has 1 aromatic carbocycles. The van der Waals surface area contributed by atoms with E-state index in [1.54, 1.807) is 0 Å². The Bertz CT molecular complexity index is 380. The van der Waals surface area contributed by atoms with Crippen molar-refractivity contribution < 1.29 is 5.11 Å². The van der Waals surface area contributed by atoms with Crippen LogP contribution in [0.4, 0.5) is 5.69 Å². The van der Waals surface area contributed by atoms with Gasteiger partial charge < -0.3 is 15.3 Å². The molecule has 0 spiro atoms. The summed E-state index contributed by atoms with van der Waals surface area (Å²) in [4.78, 5) is 2.06. The summed E-state index contributed by atoms with van der Waals surface area (Å²) >= 11 is 6.04. The van der Waals surface area contributed by atoms with E-state index in [4.69, 9.17) is 11.6 Å². The van der Waals surface area contributed by atoms with Gasteiger partial charge in [0.25, 0.3) is 0 Å². The minimum absolute atomic E-state index is 0.0923. The lowest BCUT2D eigenvalue weighted by Gasteiger charge is -2.37. The molecule has 0 heterocycles. The third-order valence-electron chi connectivity index (χ3n) is 3.07. The molecule has 0 aromatic heterocycles. The van der Waals surface area contributed by atoms with Crippen LogP contribution in [0.2, 0.25) is 5.02 Å². The molecule has 96 valence electrons. The average Bonchev–Trinajstić information content (AvgIpc) is 2.30. The Morgan fingerprint density at radius 2 is 2.06 bits per heavy atom. The van der Waals surface area contributed by atoms with Crippen molar-refractivity contribution in [2.24, 2.45) is 0 Å². The van der Waals surface area contributed by atoms with Crippen LogP contribution in [0.25, 0.3) is 0 Å². The Labute approximate surface area is 108 Å². The molecule has 0 radical (unpaired) electrons. The van der Waals surface area contributed by atoms with Gasteiger partial charge in [0.05, 0.1) is 12.1 Å². The van der Waals surface area contributed by atoms with Crippen LogP contribution in [-0.4, -0.2) is 31.3 Å². The molecule has 17 heavy (non-hydrogen) atoms. The van der Waals surface area contributed by atoms with Crippen molar-refractivity contribution in [3.8, 4) is 0 Å². The van der Waals surface area contributed by atoms with Crippen molar-refractivity contribution in [2.45, 2.75) is 25.9 Å². The topological polar surface area (TPSA) is 35.5 Å². The molecule has 0 unspecified atom stereocenters. The van der Waals surface area contributed by atoms with Gasteiger partial charge >= 0.3 is 0 Å². The number of halogens is 1. The summed E-state index contributed by atoms with van der Waals surface area (Å²) in [6, 6.07) is 5.83. The quantitative estimate of drug-likeness (QED) is 0.849. The number of hydrogen-bond donors (Lipinski definition) is 2. The number of rotatable bonds is 5. The van der Waals surface area contributed by atoms with Crippen molar-refractivity contribution >= 4 is 17.3 Å². The minimum Gasteiger partial charge on any atom is -0.394 e. The Hall–Kier alpha value is -0.770. The van der Waals surface area contributed by atoms with Crippen molar-refractivity contribution in [3.05, 3.63) is 28.8 Å². The van der Waals surface area contributed by atoms with Crippen molar-refractivity contribution in [1.29, 1.82) is 0 Å².